The topological polar surface area (TPSA) is 108 Å². The second kappa shape index (κ2) is 13.4. The maximum atomic E-state index is 13.1. The summed E-state index contributed by atoms with van der Waals surface area (Å²) in [6.07, 6.45) is 0. The molecule has 0 saturated carbocycles. The molecule has 1 amide bonds. The van der Waals surface area contributed by atoms with E-state index in [-0.39, 0.29) is 5.69 Å². The van der Waals surface area contributed by atoms with Gasteiger partial charge in [-0.1, -0.05) is 17.7 Å². The summed E-state index contributed by atoms with van der Waals surface area (Å²) in [5, 5.41) is 11.3. The van der Waals surface area contributed by atoms with Crippen LogP contribution in [0.1, 0.15) is 34.6 Å². The summed E-state index contributed by atoms with van der Waals surface area (Å²) in [7, 11) is 0. The monoisotopic (exact) mass is 491 g/mol. The van der Waals surface area contributed by atoms with Crippen LogP contribution in [0.3, 0.4) is 0 Å². The molecular formula is C24H30ClN3O6. The third-order valence-corrected chi connectivity index (χ3v) is 4.57. The molecule has 0 fully saturated rings. The molecule has 0 radical (unpaired) electrons. The van der Waals surface area contributed by atoms with Gasteiger partial charge >= 0.3 is 0 Å². The smallest absolute Gasteiger partial charge is 0.259 e. The highest BCUT2D eigenvalue weighted by Gasteiger charge is 2.26. The van der Waals surface area contributed by atoms with Crippen molar-refractivity contribution in [2.24, 2.45) is 10.2 Å². The van der Waals surface area contributed by atoms with E-state index in [1.165, 1.54) is 6.92 Å². The van der Waals surface area contributed by atoms with Crippen LogP contribution in [0.2, 0.25) is 5.02 Å². The number of nitrogens with one attached hydrogen (secondary N) is 1. The SMILES string of the molecule is CCOc1cccc(OCC)c1N=NC(C(C)=O)C(=O)Nc1c(OCC)cc(Cl)cc1OCC. The minimum Gasteiger partial charge on any atom is -0.491 e. The standard InChI is InChI=1S/C24H30ClN3O6/c1-6-31-17-11-10-12-18(32-7-2)23(17)28-27-21(15(5)29)24(30)26-22-19(33-8-3)13-16(25)14-20(22)34-9-4/h10-14,21H,6-9H2,1-5H3,(H,26,30). The van der Waals surface area contributed by atoms with Gasteiger partial charge in [0.2, 0.25) is 6.04 Å². The number of Topliss-reactive ketones (excluding diaryl/α,β-unsaturated/α-hetero) is 1. The Balaban J connectivity index is 2.42. The molecule has 2 aromatic carbocycles. The van der Waals surface area contributed by atoms with Crippen LogP contribution >= 0.6 is 11.6 Å². The average molecular weight is 492 g/mol. The number of carbonyl (C=O) groups is 2. The van der Waals surface area contributed by atoms with Crippen molar-refractivity contribution in [2.45, 2.75) is 40.7 Å². The van der Waals surface area contributed by atoms with Gasteiger partial charge in [-0.25, -0.2) is 0 Å². The largest absolute Gasteiger partial charge is 0.491 e. The molecule has 9 nitrogen and oxygen atoms in total. The van der Waals surface area contributed by atoms with Crippen molar-refractivity contribution in [3.05, 3.63) is 35.4 Å². The molecule has 0 heterocycles. The van der Waals surface area contributed by atoms with Gasteiger partial charge in [0.1, 0.15) is 17.2 Å². The molecule has 2 aromatic rings. The number of ether oxygens (including phenoxy) is 4. The molecule has 1 N–H and O–H groups in total. The molecular weight excluding hydrogens is 462 g/mol. The summed E-state index contributed by atoms with van der Waals surface area (Å²) in [6, 6.07) is 6.86. The quantitative estimate of drug-likeness (QED) is 0.288. The number of carbonyl (C=O) groups excluding carboxylic acids is 2. The lowest BCUT2D eigenvalue weighted by Gasteiger charge is -2.18. The first-order chi connectivity index (χ1) is 16.4. The van der Waals surface area contributed by atoms with Crippen LogP contribution in [-0.2, 0) is 9.59 Å². The molecule has 10 heteroatoms. The van der Waals surface area contributed by atoms with E-state index in [4.69, 9.17) is 30.5 Å². The molecule has 0 spiro atoms. The van der Waals surface area contributed by atoms with Crippen LogP contribution < -0.4 is 24.3 Å². The lowest BCUT2D eigenvalue weighted by atomic mass is 10.2. The van der Waals surface area contributed by atoms with E-state index in [2.05, 4.69) is 15.5 Å². The van der Waals surface area contributed by atoms with Gasteiger partial charge in [0.25, 0.3) is 5.91 Å². The highest BCUT2D eigenvalue weighted by molar-refractivity contribution is 6.31. The summed E-state index contributed by atoms with van der Waals surface area (Å²) < 4.78 is 22.4. The molecule has 1 unspecified atom stereocenters. The second-order valence-corrected chi connectivity index (χ2v) is 7.27. The van der Waals surface area contributed by atoms with Gasteiger partial charge in [0.15, 0.2) is 23.0 Å². The first kappa shape index (κ1) is 26.9. The number of rotatable bonds is 13. The molecule has 184 valence electrons. The van der Waals surface area contributed by atoms with Gasteiger partial charge in [0.05, 0.1) is 26.4 Å². The van der Waals surface area contributed by atoms with Gasteiger partial charge in [-0.2, -0.15) is 5.11 Å². The molecule has 0 aliphatic carbocycles. The predicted molar refractivity (Wildman–Crippen MR) is 130 cm³/mol. The highest BCUT2D eigenvalue weighted by Crippen LogP contribution is 2.39. The van der Waals surface area contributed by atoms with Gasteiger partial charge < -0.3 is 24.3 Å². The molecule has 2 rings (SSSR count). The number of halogens is 1. The third-order valence-electron chi connectivity index (χ3n) is 4.35. The van der Waals surface area contributed by atoms with Gasteiger partial charge in [-0.15, -0.1) is 5.11 Å². The van der Waals surface area contributed by atoms with Crippen molar-refractivity contribution in [3.63, 3.8) is 0 Å². The Labute approximate surface area is 204 Å². The number of anilines is 1. The van der Waals surface area contributed by atoms with E-state index in [0.29, 0.717) is 60.1 Å². The van der Waals surface area contributed by atoms with Crippen molar-refractivity contribution in [1.29, 1.82) is 0 Å². The maximum absolute atomic E-state index is 13.1. The summed E-state index contributed by atoms with van der Waals surface area (Å²) in [6.45, 7) is 9.97. The van der Waals surface area contributed by atoms with Crippen molar-refractivity contribution in [1.82, 2.24) is 0 Å². The fraction of sp³-hybridized carbons (Fsp3) is 0.417. The molecule has 1 atom stereocenters. The summed E-state index contributed by atoms with van der Waals surface area (Å²) in [4.78, 5) is 25.4. The first-order valence-corrected chi connectivity index (χ1v) is 11.4. The number of benzene rings is 2. The van der Waals surface area contributed by atoms with E-state index >= 15 is 0 Å². The Morgan fingerprint density at radius 3 is 1.79 bits per heavy atom. The van der Waals surface area contributed by atoms with Crippen LogP contribution in [0, 0.1) is 0 Å². The Hall–Kier alpha value is -3.33. The van der Waals surface area contributed by atoms with Crippen LogP contribution in [0.4, 0.5) is 11.4 Å². The predicted octanol–water partition coefficient (Wildman–Crippen LogP) is 5.61. The Morgan fingerprint density at radius 1 is 0.882 bits per heavy atom. The zero-order valence-electron chi connectivity index (χ0n) is 20.0. The summed E-state index contributed by atoms with van der Waals surface area (Å²) in [5.41, 5.74) is 0.547. The molecule has 0 aliphatic rings. The lowest BCUT2D eigenvalue weighted by molar-refractivity contribution is -0.126. The molecule has 0 aliphatic heterocycles. The summed E-state index contributed by atoms with van der Waals surface area (Å²) in [5.74, 6) is 0.271. The number of hydrogen-bond donors (Lipinski definition) is 1. The highest BCUT2D eigenvalue weighted by atomic mass is 35.5. The van der Waals surface area contributed by atoms with Gasteiger partial charge in [-0.3, -0.25) is 9.59 Å². The zero-order valence-corrected chi connectivity index (χ0v) is 20.8. The van der Waals surface area contributed by atoms with E-state index in [0.717, 1.165) is 0 Å². The van der Waals surface area contributed by atoms with Crippen molar-refractivity contribution in [2.75, 3.05) is 31.7 Å². The minimum absolute atomic E-state index is 0.254. The fourth-order valence-corrected chi connectivity index (χ4v) is 3.19. The van der Waals surface area contributed by atoms with E-state index in [1.807, 2.05) is 13.8 Å². The Morgan fingerprint density at radius 2 is 1.35 bits per heavy atom. The number of ketones is 1. The molecule has 0 aromatic heterocycles. The Kier molecular flexibility index (Phi) is 10.6. The fourth-order valence-electron chi connectivity index (χ4n) is 2.99. The minimum atomic E-state index is -1.43. The normalized spacial score (nSPS) is 11.7. The third kappa shape index (κ3) is 7.08. The van der Waals surface area contributed by atoms with Crippen molar-refractivity contribution >= 4 is 34.7 Å². The molecule has 34 heavy (non-hydrogen) atoms. The van der Waals surface area contributed by atoms with Crippen molar-refractivity contribution < 1.29 is 28.5 Å². The first-order valence-electron chi connectivity index (χ1n) is 11.1. The zero-order chi connectivity index (χ0) is 25.1. The van der Waals surface area contributed by atoms with Crippen LogP contribution in [-0.4, -0.2) is 44.2 Å². The van der Waals surface area contributed by atoms with Crippen molar-refractivity contribution in [3.8, 4) is 23.0 Å². The average Bonchev–Trinajstić information content (AvgIpc) is 2.78. The maximum Gasteiger partial charge on any atom is 0.259 e. The molecule has 0 bridgehead atoms. The second-order valence-electron chi connectivity index (χ2n) is 6.83. The Bertz CT molecular complexity index is 977. The van der Waals surface area contributed by atoms with E-state index in [9.17, 15) is 9.59 Å². The van der Waals surface area contributed by atoms with Crippen LogP contribution in [0.5, 0.6) is 23.0 Å². The van der Waals surface area contributed by atoms with Crippen LogP contribution in [0.15, 0.2) is 40.6 Å². The van der Waals surface area contributed by atoms with Gasteiger partial charge in [-0.05, 0) is 46.8 Å². The lowest BCUT2D eigenvalue weighted by Crippen LogP contribution is -2.32. The van der Waals surface area contributed by atoms with Gasteiger partial charge in [0, 0.05) is 17.2 Å². The summed E-state index contributed by atoms with van der Waals surface area (Å²) >= 11 is 6.16. The number of azo groups is 1. The number of nitrogens with zero attached hydrogens (tertiary/aromatic N) is 2. The number of hydrogen-bond acceptors (Lipinski definition) is 8. The van der Waals surface area contributed by atoms with E-state index < -0.39 is 17.7 Å². The van der Waals surface area contributed by atoms with Crippen LogP contribution in [0.25, 0.3) is 0 Å². The van der Waals surface area contributed by atoms with E-state index in [1.54, 1.807) is 44.2 Å². The molecule has 0 saturated heterocycles. The number of amides is 1.